The molecule has 38 heavy (non-hydrogen) atoms. The van der Waals surface area contributed by atoms with E-state index in [1.165, 1.54) is 23.5 Å². The summed E-state index contributed by atoms with van der Waals surface area (Å²) in [6.45, 7) is 10.6. The Hall–Kier alpha value is -2.55. The summed E-state index contributed by atoms with van der Waals surface area (Å²) in [6, 6.07) is 15.7. The lowest BCUT2D eigenvalue weighted by Crippen LogP contribution is -2.55. The second-order valence-corrected chi connectivity index (χ2v) is 12.2. The molecule has 4 rings (SSSR count). The largest absolute Gasteiger partial charge is 0.494 e. The van der Waals surface area contributed by atoms with Gasteiger partial charge in [0.25, 0.3) is 0 Å². The van der Waals surface area contributed by atoms with Crippen LogP contribution in [0, 0.1) is 0 Å². The first-order chi connectivity index (χ1) is 18.2. The summed E-state index contributed by atoms with van der Waals surface area (Å²) in [4.78, 5) is 30.5. The molecule has 2 aromatic rings. The van der Waals surface area contributed by atoms with Crippen LogP contribution in [0.25, 0.3) is 10.5 Å². The predicted octanol–water partition coefficient (Wildman–Crippen LogP) is 7.85. The lowest BCUT2D eigenvalue weighted by atomic mass is 9.83. The van der Waals surface area contributed by atoms with Crippen molar-refractivity contribution < 1.29 is 19.1 Å². The van der Waals surface area contributed by atoms with Crippen LogP contribution in [0.1, 0.15) is 65.0 Å². The number of hydrogen-bond donors (Lipinski definition) is 0. The van der Waals surface area contributed by atoms with Crippen molar-refractivity contribution in [1.29, 1.82) is 0 Å². The first-order valence-electron chi connectivity index (χ1n) is 13.0. The van der Waals surface area contributed by atoms with Gasteiger partial charge in [-0.3, -0.25) is 4.79 Å². The Morgan fingerprint density at radius 3 is 2.39 bits per heavy atom. The summed E-state index contributed by atoms with van der Waals surface area (Å²) >= 11 is 9.08. The van der Waals surface area contributed by atoms with E-state index in [2.05, 4.69) is 6.92 Å². The van der Waals surface area contributed by atoms with E-state index in [4.69, 9.17) is 21.7 Å². The molecule has 0 bridgehead atoms. The minimum Gasteiger partial charge on any atom is -0.494 e. The fraction of sp³-hybridized carbons (Fsp3) is 0.367. The van der Waals surface area contributed by atoms with Crippen LogP contribution in [0.15, 0.2) is 57.7 Å². The van der Waals surface area contributed by atoms with Crippen molar-refractivity contribution in [2.24, 2.45) is 0 Å². The Balaban J connectivity index is 1.90. The predicted molar refractivity (Wildman–Crippen MR) is 163 cm³/mol. The maximum Gasteiger partial charge on any atom is 0.346 e. The van der Waals surface area contributed by atoms with Gasteiger partial charge in [0.15, 0.2) is 0 Å². The van der Waals surface area contributed by atoms with Crippen LogP contribution in [0.3, 0.4) is 0 Å². The third-order valence-corrected chi connectivity index (χ3v) is 9.75. The zero-order chi connectivity index (χ0) is 27.4. The molecule has 0 aliphatic carbocycles. The molecule has 0 spiro atoms. The molecule has 0 saturated heterocycles. The molecule has 1 amide bonds. The third kappa shape index (κ3) is 5.44. The molecule has 0 radical (unpaired) electrons. The van der Waals surface area contributed by atoms with E-state index in [1.54, 1.807) is 6.92 Å². The highest BCUT2D eigenvalue weighted by Crippen LogP contribution is 2.58. The number of amides is 1. The number of ether oxygens (including phenoxy) is 2. The third-order valence-electron chi connectivity index (χ3n) is 6.42. The van der Waals surface area contributed by atoms with Gasteiger partial charge in [-0.2, -0.15) is 0 Å². The van der Waals surface area contributed by atoms with E-state index in [9.17, 15) is 9.59 Å². The molecule has 0 unspecified atom stereocenters. The highest BCUT2D eigenvalue weighted by Gasteiger charge is 2.45. The Kier molecular flexibility index (Phi) is 9.06. The van der Waals surface area contributed by atoms with Gasteiger partial charge in [0.2, 0.25) is 5.91 Å². The van der Waals surface area contributed by atoms with Crippen LogP contribution in [0.5, 0.6) is 5.75 Å². The van der Waals surface area contributed by atoms with Crippen molar-refractivity contribution >= 4 is 68.6 Å². The Morgan fingerprint density at radius 1 is 1.00 bits per heavy atom. The molecule has 2 aromatic carbocycles. The molecule has 5 nitrogen and oxygen atoms in total. The van der Waals surface area contributed by atoms with Crippen molar-refractivity contribution in [2.45, 2.75) is 59.4 Å². The number of anilines is 1. The number of hydrogen-bond acceptors (Lipinski definition) is 7. The standard InChI is InChI=1S/C30H33NO4S3/c1-6-9-15-23(32)31-22-17-16-20(34-7-2)18-21(22)24(27(36)30(31,4)5)29-37-25(19-13-11-10-12-14-19)26(38-29)28(33)35-8-3/h10-14,16-18H,6-9,15H2,1-5H3/b29-24+. The molecule has 0 N–H and O–H groups in total. The summed E-state index contributed by atoms with van der Waals surface area (Å²) in [5.41, 5.74) is 2.73. The van der Waals surface area contributed by atoms with Crippen molar-refractivity contribution in [3.63, 3.8) is 0 Å². The van der Waals surface area contributed by atoms with Crippen molar-refractivity contribution in [3.8, 4) is 5.75 Å². The maximum absolute atomic E-state index is 13.5. The lowest BCUT2D eigenvalue weighted by molar-refractivity contribution is -0.137. The topological polar surface area (TPSA) is 55.8 Å². The van der Waals surface area contributed by atoms with Crippen LogP contribution < -0.4 is 9.64 Å². The zero-order valence-corrected chi connectivity index (χ0v) is 24.9. The monoisotopic (exact) mass is 567 g/mol. The number of thiocarbonyl (C=S) groups is 1. The molecule has 2 aliphatic rings. The minimum atomic E-state index is -0.733. The molecule has 200 valence electrons. The molecule has 0 atom stereocenters. The van der Waals surface area contributed by atoms with Crippen molar-refractivity contribution in [3.05, 3.63) is 68.8 Å². The van der Waals surface area contributed by atoms with Crippen LogP contribution >= 0.6 is 35.7 Å². The number of thioether (sulfide) groups is 2. The summed E-state index contributed by atoms with van der Waals surface area (Å²) in [7, 11) is 0. The van der Waals surface area contributed by atoms with Gasteiger partial charge in [0.1, 0.15) is 10.7 Å². The molecular formula is C30H33NO4S3. The smallest absolute Gasteiger partial charge is 0.346 e. The average molecular weight is 568 g/mol. The zero-order valence-electron chi connectivity index (χ0n) is 22.5. The van der Waals surface area contributed by atoms with Gasteiger partial charge in [-0.15, -0.1) is 0 Å². The second-order valence-electron chi connectivity index (χ2n) is 9.44. The van der Waals surface area contributed by atoms with Gasteiger partial charge in [0, 0.05) is 22.5 Å². The Labute approximate surface area is 239 Å². The minimum absolute atomic E-state index is 0.0516. The normalized spacial score (nSPS) is 18.4. The Bertz CT molecular complexity index is 1310. The van der Waals surface area contributed by atoms with Crippen LogP contribution in [-0.4, -0.2) is 35.5 Å². The number of fused-ring (bicyclic) bond motifs is 1. The quantitative estimate of drug-likeness (QED) is 0.183. The van der Waals surface area contributed by atoms with Gasteiger partial charge in [-0.1, -0.05) is 79.4 Å². The van der Waals surface area contributed by atoms with Crippen molar-refractivity contribution in [2.75, 3.05) is 18.1 Å². The number of rotatable bonds is 8. The number of benzene rings is 2. The van der Waals surface area contributed by atoms with Crippen LogP contribution in [-0.2, 0) is 14.3 Å². The number of unbranched alkanes of at least 4 members (excludes halogenated alkanes) is 1. The van der Waals surface area contributed by atoms with E-state index in [0.29, 0.717) is 35.2 Å². The molecule has 8 heteroatoms. The van der Waals surface area contributed by atoms with E-state index < -0.39 is 5.54 Å². The van der Waals surface area contributed by atoms with Gasteiger partial charge < -0.3 is 14.4 Å². The van der Waals surface area contributed by atoms with E-state index in [-0.39, 0.29) is 11.9 Å². The van der Waals surface area contributed by atoms with Gasteiger partial charge >= 0.3 is 5.97 Å². The van der Waals surface area contributed by atoms with Gasteiger partial charge in [0.05, 0.1) is 33.5 Å². The fourth-order valence-corrected chi connectivity index (χ4v) is 7.73. The number of nitrogens with zero attached hydrogens (tertiary/aromatic N) is 1. The summed E-state index contributed by atoms with van der Waals surface area (Å²) in [5, 5.41) is 0. The molecule has 0 fully saturated rings. The number of esters is 1. The molecule has 2 heterocycles. The lowest BCUT2D eigenvalue weighted by Gasteiger charge is -2.45. The highest BCUT2D eigenvalue weighted by molar-refractivity contribution is 8.32. The van der Waals surface area contributed by atoms with E-state index in [0.717, 1.165) is 44.4 Å². The van der Waals surface area contributed by atoms with Crippen LogP contribution in [0.4, 0.5) is 5.69 Å². The highest BCUT2D eigenvalue weighted by atomic mass is 32.2. The average Bonchev–Trinajstić information content (AvgIpc) is 3.34. The number of carbonyl (C=O) groups excluding carboxylic acids is 2. The van der Waals surface area contributed by atoms with E-state index >= 15 is 0 Å². The SMILES string of the molecule is CCCCC(=O)N1c2ccc(OCC)cc2/C(=C2\SC(C(=O)OCC)=C(c3ccccc3)S2)C(=S)C1(C)C. The molecular weight excluding hydrogens is 535 g/mol. The second kappa shape index (κ2) is 12.1. The summed E-state index contributed by atoms with van der Waals surface area (Å²) < 4.78 is 12.2. The van der Waals surface area contributed by atoms with Gasteiger partial charge in [-0.05, 0) is 57.9 Å². The van der Waals surface area contributed by atoms with E-state index in [1.807, 2.05) is 74.2 Å². The first kappa shape index (κ1) is 28.5. The maximum atomic E-state index is 13.5. The Morgan fingerprint density at radius 2 is 1.74 bits per heavy atom. The molecule has 0 aromatic heterocycles. The molecule has 0 saturated carbocycles. The summed E-state index contributed by atoms with van der Waals surface area (Å²) in [5.74, 6) is 0.415. The fourth-order valence-electron chi connectivity index (χ4n) is 4.60. The molecule has 2 aliphatic heterocycles. The number of carbonyl (C=O) groups is 2. The first-order valence-corrected chi connectivity index (χ1v) is 15.0. The van der Waals surface area contributed by atoms with Crippen molar-refractivity contribution in [1.82, 2.24) is 0 Å². The van der Waals surface area contributed by atoms with Crippen LogP contribution in [0.2, 0.25) is 0 Å². The summed E-state index contributed by atoms with van der Waals surface area (Å²) in [6.07, 6.45) is 2.21. The van der Waals surface area contributed by atoms with Gasteiger partial charge in [-0.25, -0.2) is 4.79 Å².